The zero-order valence-electron chi connectivity index (χ0n) is 18.3. The number of amides is 3. The van der Waals surface area contributed by atoms with Gasteiger partial charge in [-0.15, -0.1) is 0 Å². The Morgan fingerprint density at radius 1 is 1.32 bits per heavy atom. The summed E-state index contributed by atoms with van der Waals surface area (Å²) < 4.78 is 25.1. The molecule has 1 aromatic carbocycles. The molecule has 2 saturated heterocycles. The molecule has 1 N–H and O–H groups in total. The third-order valence-corrected chi connectivity index (χ3v) is 5.86. The predicted molar refractivity (Wildman–Crippen MR) is 112 cm³/mol. The number of nitrogens with zero attached hydrogens (tertiary/aromatic N) is 3. The van der Waals surface area contributed by atoms with Crippen LogP contribution in [-0.2, 0) is 14.3 Å². The topological polar surface area (TPSA) is 91.4 Å². The number of cyclic esters (lactones) is 1. The molecule has 1 unspecified atom stereocenters. The van der Waals surface area contributed by atoms with Gasteiger partial charge in [0.2, 0.25) is 5.91 Å². The average molecular weight is 436 g/mol. The molecule has 0 aliphatic carbocycles. The van der Waals surface area contributed by atoms with E-state index in [1.807, 2.05) is 4.90 Å². The number of likely N-dealkylation sites (N-methyl/N-ethyl adjacent to an activating group) is 1. The summed E-state index contributed by atoms with van der Waals surface area (Å²) in [5.74, 6) is -0.242. The molecule has 31 heavy (non-hydrogen) atoms. The van der Waals surface area contributed by atoms with Crippen LogP contribution in [0.2, 0.25) is 0 Å². The Kier molecular flexibility index (Phi) is 6.87. The van der Waals surface area contributed by atoms with Crippen LogP contribution >= 0.6 is 0 Å². The van der Waals surface area contributed by atoms with Gasteiger partial charge in [-0.3, -0.25) is 9.69 Å². The van der Waals surface area contributed by atoms with Crippen LogP contribution in [0.4, 0.5) is 25.4 Å². The van der Waals surface area contributed by atoms with Crippen molar-refractivity contribution >= 4 is 29.5 Å². The van der Waals surface area contributed by atoms with Gasteiger partial charge in [-0.2, -0.15) is 0 Å². The smallest absolute Gasteiger partial charge is 0.416 e. The number of hydrogen-bond acceptors (Lipinski definition) is 6. The van der Waals surface area contributed by atoms with Crippen molar-refractivity contribution in [1.82, 2.24) is 10.2 Å². The van der Waals surface area contributed by atoms with Gasteiger partial charge in [-0.25, -0.2) is 14.0 Å². The van der Waals surface area contributed by atoms with Gasteiger partial charge in [0.05, 0.1) is 24.5 Å². The highest BCUT2D eigenvalue weighted by Gasteiger charge is 2.37. The summed E-state index contributed by atoms with van der Waals surface area (Å²) in [5, 5.41) is 2.75. The molecule has 0 spiro atoms. The van der Waals surface area contributed by atoms with Gasteiger partial charge in [0.25, 0.3) is 0 Å². The lowest BCUT2D eigenvalue weighted by Crippen LogP contribution is -2.38. The van der Waals surface area contributed by atoms with E-state index in [0.29, 0.717) is 37.6 Å². The molecular weight excluding hydrogens is 407 g/mol. The molecule has 3 amide bonds. The minimum absolute atomic E-state index is 0.135. The van der Waals surface area contributed by atoms with Gasteiger partial charge in [0.1, 0.15) is 5.82 Å². The molecule has 9 nitrogen and oxygen atoms in total. The number of rotatable bonds is 6. The van der Waals surface area contributed by atoms with Crippen molar-refractivity contribution in [3.8, 4) is 0 Å². The number of carbonyl (C=O) groups excluding carboxylic acids is 3. The summed E-state index contributed by atoms with van der Waals surface area (Å²) in [4.78, 5) is 39.8. The normalized spacial score (nSPS) is 23.0. The van der Waals surface area contributed by atoms with E-state index in [-0.39, 0.29) is 24.3 Å². The highest BCUT2D eigenvalue weighted by molar-refractivity contribution is 5.90. The first kappa shape index (κ1) is 22.6. The molecule has 2 fully saturated rings. The second-order valence-electron chi connectivity index (χ2n) is 7.96. The highest BCUT2D eigenvalue weighted by atomic mass is 19.1. The van der Waals surface area contributed by atoms with Crippen LogP contribution in [-0.4, -0.2) is 69.1 Å². The van der Waals surface area contributed by atoms with E-state index in [1.54, 1.807) is 26.1 Å². The van der Waals surface area contributed by atoms with Crippen LogP contribution in [0.25, 0.3) is 0 Å². The van der Waals surface area contributed by atoms with Crippen molar-refractivity contribution < 1.29 is 28.2 Å². The summed E-state index contributed by atoms with van der Waals surface area (Å²) in [5.41, 5.74) is 0.817. The highest BCUT2D eigenvalue weighted by Crippen LogP contribution is 2.33. The molecule has 2 aliphatic heterocycles. The van der Waals surface area contributed by atoms with Crippen LogP contribution in [0.15, 0.2) is 18.2 Å². The van der Waals surface area contributed by atoms with Crippen LogP contribution < -0.4 is 15.1 Å². The zero-order valence-corrected chi connectivity index (χ0v) is 18.3. The van der Waals surface area contributed by atoms with Crippen LogP contribution in [0.5, 0.6) is 0 Å². The van der Waals surface area contributed by atoms with Crippen molar-refractivity contribution in [2.75, 3.05) is 49.6 Å². The summed E-state index contributed by atoms with van der Waals surface area (Å²) in [6, 6.07) is 4.63. The van der Waals surface area contributed by atoms with Gasteiger partial charge in [0, 0.05) is 33.6 Å². The molecule has 2 aliphatic rings. The monoisotopic (exact) mass is 436 g/mol. The van der Waals surface area contributed by atoms with E-state index in [9.17, 15) is 18.8 Å². The standard InChI is InChI=1S/C21H29FN4O5/c1-5-30-20(28)23-9-15-11-25(10-13(15)2)18-7-6-16(8-17(18)22)26-12-19(31-21(26)29)24(4)14(3)27/h6-8,13,15,19H,5,9-12H2,1-4H3,(H,23,28)/t13-,15+,19?/m1/s1. The maximum Gasteiger partial charge on any atom is 0.416 e. The van der Waals surface area contributed by atoms with E-state index in [4.69, 9.17) is 9.47 Å². The lowest BCUT2D eigenvalue weighted by molar-refractivity contribution is -0.134. The molecule has 1 aromatic rings. The molecule has 0 bridgehead atoms. The SMILES string of the molecule is CCOC(=O)NC[C@H]1CN(c2ccc(N3CC(N(C)C(C)=O)OC3=O)cc2F)C[C@H]1C. The number of ether oxygens (including phenoxy) is 2. The fraction of sp³-hybridized carbons (Fsp3) is 0.571. The fourth-order valence-electron chi connectivity index (χ4n) is 3.88. The number of benzene rings is 1. The van der Waals surface area contributed by atoms with Gasteiger partial charge < -0.3 is 24.6 Å². The molecule has 0 radical (unpaired) electrons. The van der Waals surface area contributed by atoms with E-state index in [2.05, 4.69) is 12.2 Å². The molecule has 170 valence electrons. The number of anilines is 2. The maximum absolute atomic E-state index is 15.0. The Hall–Kier alpha value is -3.04. The summed E-state index contributed by atoms with van der Waals surface area (Å²) in [7, 11) is 1.55. The minimum Gasteiger partial charge on any atom is -0.450 e. The maximum atomic E-state index is 15.0. The summed E-state index contributed by atoms with van der Waals surface area (Å²) >= 11 is 0. The number of nitrogens with one attached hydrogen (secondary N) is 1. The number of carbonyl (C=O) groups is 3. The van der Waals surface area contributed by atoms with Gasteiger partial charge in [-0.1, -0.05) is 6.92 Å². The first-order valence-electron chi connectivity index (χ1n) is 10.4. The Morgan fingerprint density at radius 3 is 2.71 bits per heavy atom. The Morgan fingerprint density at radius 2 is 2.06 bits per heavy atom. The third-order valence-electron chi connectivity index (χ3n) is 5.86. The Balaban J connectivity index is 1.65. The van der Waals surface area contributed by atoms with Gasteiger partial charge in [0.15, 0.2) is 6.23 Å². The first-order chi connectivity index (χ1) is 14.7. The minimum atomic E-state index is -0.708. The molecule has 10 heteroatoms. The average Bonchev–Trinajstić information content (AvgIpc) is 3.28. The van der Waals surface area contributed by atoms with Crippen molar-refractivity contribution in [2.45, 2.75) is 27.0 Å². The van der Waals surface area contributed by atoms with Crippen LogP contribution in [0.3, 0.4) is 0 Å². The lowest BCUT2D eigenvalue weighted by Gasteiger charge is -2.22. The number of alkyl carbamates (subject to hydrolysis) is 1. The number of hydrogen-bond donors (Lipinski definition) is 1. The molecule has 0 aromatic heterocycles. The predicted octanol–water partition coefficient (Wildman–Crippen LogP) is 2.41. The lowest BCUT2D eigenvalue weighted by atomic mass is 9.98. The van der Waals surface area contributed by atoms with Gasteiger partial charge in [-0.05, 0) is 37.0 Å². The molecule has 2 heterocycles. The zero-order chi connectivity index (χ0) is 22.7. The third kappa shape index (κ3) is 5.00. The van der Waals surface area contributed by atoms with E-state index in [0.717, 1.165) is 0 Å². The van der Waals surface area contributed by atoms with Crippen molar-refractivity contribution in [1.29, 1.82) is 0 Å². The molecular formula is C21H29FN4O5. The molecule has 3 rings (SSSR count). The van der Waals surface area contributed by atoms with Crippen LogP contribution in [0, 0.1) is 17.7 Å². The van der Waals surface area contributed by atoms with Crippen LogP contribution in [0.1, 0.15) is 20.8 Å². The number of halogens is 1. The first-order valence-corrected chi connectivity index (χ1v) is 10.4. The second-order valence-corrected chi connectivity index (χ2v) is 7.96. The largest absolute Gasteiger partial charge is 0.450 e. The van der Waals surface area contributed by atoms with Gasteiger partial charge >= 0.3 is 12.2 Å². The van der Waals surface area contributed by atoms with E-state index < -0.39 is 24.2 Å². The summed E-state index contributed by atoms with van der Waals surface area (Å²) in [6.07, 6.45) is -1.78. The summed E-state index contributed by atoms with van der Waals surface area (Å²) in [6.45, 7) is 7.36. The molecule has 3 atom stereocenters. The van der Waals surface area contributed by atoms with Crippen molar-refractivity contribution in [3.63, 3.8) is 0 Å². The quantitative estimate of drug-likeness (QED) is 0.737. The Bertz CT molecular complexity index is 851. The molecule has 0 saturated carbocycles. The van der Waals surface area contributed by atoms with E-state index in [1.165, 1.54) is 22.8 Å². The fourth-order valence-corrected chi connectivity index (χ4v) is 3.88. The van der Waals surface area contributed by atoms with Crippen molar-refractivity contribution in [2.24, 2.45) is 11.8 Å². The second kappa shape index (κ2) is 9.40. The van der Waals surface area contributed by atoms with Crippen molar-refractivity contribution in [3.05, 3.63) is 24.0 Å². The Labute approximate surface area is 181 Å². The van der Waals surface area contributed by atoms with E-state index >= 15 is 0 Å².